The SMILES string of the molecule is C=CCN(C)C(=O)n1cnc(S(=O)(=O)[C@@H]2C[C@@H]3CC[C@H]2C3)n1. The smallest absolute Gasteiger partial charge is 0.322 e. The van der Waals surface area contributed by atoms with Gasteiger partial charge in [0.25, 0.3) is 5.16 Å². The first kappa shape index (κ1) is 15.2. The molecule has 2 bridgehead atoms. The Hall–Kier alpha value is -1.70. The van der Waals surface area contributed by atoms with E-state index >= 15 is 0 Å². The van der Waals surface area contributed by atoms with Crippen molar-refractivity contribution in [3.63, 3.8) is 0 Å². The highest BCUT2D eigenvalue weighted by atomic mass is 32.2. The number of carbonyl (C=O) groups excluding carboxylic acids is 1. The topological polar surface area (TPSA) is 85.2 Å². The molecule has 0 aromatic carbocycles. The summed E-state index contributed by atoms with van der Waals surface area (Å²) < 4.78 is 26.3. The molecule has 1 aromatic heterocycles. The van der Waals surface area contributed by atoms with E-state index < -0.39 is 15.9 Å². The summed E-state index contributed by atoms with van der Waals surface area (Å²) in [5.41, 5.74) is 0. The molecule has 2 fully saturated rings. The molecule has 120 valence electrons. The van der Waals surface area contributed by atoms with Crippen LogP contribution in [0, 0.1) is 11.8 Å². The Morgan fingerprint density at radius 3 is 2.86 bits per heavy atom. The van der Waals surface area contributed by atoms with E-state index in [9.17, 15) is 13.2 Å². The number of rotatable bonds is 4. The van der Waals surface area contributed by atoms with Gasteiger partial charge in [0.1, 0.15) is 6.33 Å². The lowest BCUT2D eigenvalue weighted by atomic mass is 10.0. The third kappa shape index (κ3) is 2.45. The molecule has 0 unspecified atom stereocenters. The number of hydrogen-bond acceptors (Lipinski definition) is 5. The lowest BCUT2D eigenvalue weighted by Crippen LogP contribution is -2.32. The number of amides is 1. The molecule has 0 saturated heterocycles. The molecule has 0 spiro atoms. The van der Waals surface area contributed by atoms with E-state index in [1.807, 2.05) is 0 Å². The number of carbonyl (C=O) groups is 1. The predicted molar refractivity (Wildman–Crippen MR) is 80.1 cm³/mol. The first-order valence-corrected chi connectivity index (χ1v) is 9.00. The predicted octanol–water partition coefficient (Wildman–Crippen LogP) is 1.33. The van der Waals surface area contributed by atoms with Gasteiger partial charge < -0.3 is 4.90 Å². The molecule has 22 heavy (non-hydrogen) atoms. The van der Waals surface area contributed by atoms with Gasteiger partial charge in [-0.3, -0.25) is 0 Å². The second-order valence-electron chi connectivity index (χ2n) is 6.18. The normalized spacial score (nSPS) is 27.0. The summed E-state index contributed by atoms with van der Waals surface area (Å²) >= 11 is 0. The van der Waals surface area contributed by atoms with Crippen LogP contribution in [0.5, 0.6) is 0 Å². The van der Waals surface area contributed by atoms with Gasteiger partial charge in [-0.05, 0) is 31.1 Å². The van der Waals surface area contributed by atoms with Gasteiger partial charge in [0.05, 0.1) is 5.25 Å². The van der Waals surface area contributed by atoms with E-state index in [2.05, 4.69) is 16.7 Å². The van der Waals surface area contributed by atoms with Crippen LogP contribution in [0.2, 0.25) is 0 Å². The van der Waals surface area contributed by atoms with Crippen molar-refractivity contribution in [1.29, 1.82) is 0 Å². The van der Waals surface area contributed by atoms with E-state index in [0.717, 1.165) is 23.9 Å². The van der Waals surface area contributed by atoms with Gasteiger partial charge in [0, 0.05) is 13.6 Å². The summed E-state index contributed by atoms with van der Waals surface area (Å²) in [6.07, 6.45) is 6.54. The Balaban J connectivity index is 1.81. The Kier molecular flexibility index (Phi) is 3.80. The van der Waals surface area contributed by atoms with Crippen molar-refractivity contribution in [2.75, 3.05) is 13.6 Å². The molecule has 1 amide bonds. The van der Waals surface area contributed by atoms with E-state index in [0.29, 0.717) is 18.9 Å². The zero-order valence-electron chi connectivity index (χ0n) is 12.6. The van der Waals surface area contributed by atoms with Crippen molar-refractivity contribution in [2.45, 2.75) is 36.1 Å². The van der Waals surface area contributed by atoms with Crippen molar-refractivity contribution in [3.05, 3.63) is 19.0 Å². The Morgan fingerprint density at radius 2 is 2.27 bits per heavy atom. The fourth-order valence-electron chi connectivity index (χ4n) is 3.62. The van der Waals surface area contributed by atoms with Gasteiger partial charge in [-0.25, -0.2) is 18.2 Å². The first-order chi connectivity index (χ1) is 10.4. The second-order valence-corrected chi connectivity index (χ2v) is 8.24. The van der Waals surface area contributed by atoms with Crippen molar-refractivity contribution in [2.24, 2.45) is 11.8 Å². The zero-order valence-corrected chi connectivity index (χ0v) is 13.4. The van der Waals surface area contributed by atoms with Gasteiger partial charge >= 0.3 is 6.03 Å². The molecule has 2 aliphatic rings. The summed E-state index contributed by atoms with van der Waals surface area (Å²) in [6.45, 7) is 3.91. The number of nitrogens with zero attached hydrogens (tertiary/aromatic N) is 4. The van der Waals surface area contributed by atoms with Crippen LogP contribution in [0.3, 0.4) is 0 Å². The standard InChI is InChI=1S/C14H20N4O3S/c1-3-6-17(2)14(19)18-9-15-13(16-18)22(20,21)12-8-10-4-5-11(12)7-10/h3,9-12H,1,4-8H2,2H3/t10-,11+,12-/m1/s1. The minimum absolute atomic E-state index is 0.223. The van der Waals surface area contributed by atoms with Crippen molar-refractivity contribution in [3.8, 4) is 0 Å². The van der Waals surface area contributed by atoms with Crippen LogP contribution >= 0.6 is 0 Å². The van der Waals surface area contributed by atoms with Crippen LogP contribution in [-0.4, -0.2) is 53.0 Å². The Morgan fingerprint density at radius 1 is 1.50 bits per heavy atom. The van der Waals surface area contributed by atoms with Gasteiger partial charge in [0.2, 0.25) is 9.84 Å². The minimum Gasteiger partial charge on any atom is -0.322 e. The molecular formula is C14H20N4O3S. The van der Waals surface area contributed by atoms with Gasteiger partial charge in [-0.15, -0.1) is 11.7 Å². The van der Waals surface area contributed by atoms with Crippen molar-refractivity contribution < 1.29 is 13.2 Å². The van der Waals surface area contributed by atoms with Gasteiger partial charge in [-0.2, -0.15) is 4.68 Å². The van der Waals surface area contributed by atoms with Crippen LogP contribution in [0.4, 0.5) is 4.79 Å². The summed E-state index contributed by atoms with van der Waals surface area (Å²) in [5.74, 6) is 0.744. The maximum absolute atomic E-state index is 12.7. The summed E-state index contributed by atoms with van der Waals surface area (Å²) in [7, 11) is -1.96. The molecule has 0 radical (unpaired) electrons. The fourth-order valence-corrected chi connectivity index (χ4v) is 5.56. The highest BCUT2D eigenvalue weighted by molar-refractivity contribution is 7.91. The fraction of sp³-hybridized carbons (Fsp3) is 0.643. The summed E-state index contributed by atoms with van der Waals surface area (Å²) in [5, 5.41) is 3.29. The lowest BCUT2D eigenvalue weighted by Gasteiger charge is -2.19. The molecular weight excluding hydrogens is 304 g/mol. The molecule has 7 nitrogen and oxygen atoms in total. The molecule has 1 aromatic rings. The Labute approximate surface area is 129 Å². The number of fused-ring (bicyclic) bond motifs is 2. The molecule has 8 heteroatoms. The maximum atomic E-state index is 12.7. The zero-order chi connectivity index (χ0) is 15.9. The van der Waals surface area contributed by atoms with Gasteiger partial charge in [-0.1, -0.05) is 12.5 Å². The van der Waals surface area contributed by atoms with E-state index in [4.69, 9.17) is 0 Å². The largest absolute Gasteiger partial charge is 0.346 e. The quantitative estimate of drug-likeness (QED) is 0.780. The third-order valence-corrected chi connectivity index (χ3v) is 6.79. The molecule has 3 rings (SSSR count). The van der Waals surface area contributed by atoms with E-state index in [-0.39, 0.29) is 16.3 Å². The average molecular weight is 324 g/mol. The maximum Gasteiger partial charge on any atom is 0.346 e. The monoisotopic (exact) mass is 324 g/mol. The van der Waals surface area contributed by atoms with Crippen molar-refractivity contribution >= 4 is 15.9 Å². The molecule has 0 N–H and O–H groups in total. The van der Waals surface area contributed by atoms with Crippen LogP contribution < -0.4 is 0 Å². The highest BCUT2D eigenvalue weighted by Crippen LogP contribution is 2.48. The number of hydrogen-bond donors (Lipinski definition) is 0. The van der Waals surface area contributed by atoms with Crippen molar-refractivity contribution in [1.82, 2.24) is 19.7 Å². The summed E-state index contributed by atoms with van der Waals surface area (Å²) in [6, 6.07) is -0.429. The Bertz CT molecular complexity index is 697. The first-order valence-electron chi connectivity index (χ1n) is 7.45. The molecule has 2 saturated carbocycles. The number of aromatic nitrogens is 3. The minimum atomic E-state index is -3.55. The van der Waals surface area contributed by atoms with Crippen LogP contribution in [0.15, 0.2) is 24.1 Å². The average Bonchev–Trinajstić information content (AvgIpc) is 3.22. The molecule has 3 atom stereocenters. The molecule has 2 aliphatic carbocycles. The van der Waals surface area contributed by atoms with Crippen LogP contribution in [0.1, 0.15) is 25.7 Å². The third-order valence-electron chi connectivity index (χ3n) is 4.72. The van der Waals surface area contributed by atoms with E-state index in [1.165, 1.54) is 11.2 Å². The molecule has 0 aliphatic heterocycles. The molecule has 1 heterocycles. The van der Waals surface area contributed by atoms with Gasteiger partial charge in [0.15, 0.2) is 0 Å². The second kappa shape index (κ2) is 5.49. The summed E-state index contributed by atoms with van der Waals surface area (Å²) in [4.78, 5) is 17.3. The number of likely N-dealkylation sites (N-methyl/N-ethyl adjacent to an activating group) is 1. The highest BCUT2D eigenvalue weighted by Gasteiger charge is 2.47. The number of sulfone groups is 1. The van der Waals surface area contributed by atoms with Crippen LogP contribution in [0.25, 0.3) is 0 Å². The van der Waals surface area contributed by atoms with Crippen LogP contribution in [-0.2, 0) is 9.84 Å². The lowest BCUT2D eigenvalue weighted by molar-refractivity contribution is 0.211. The van der Waals surface area contributed by atoms with E-state index in [1.54, 1.807) is 13.1 Å².